The lowest BCUT2D eigenvalue weighted by molar-refractivity contribution is -0.647. The summed E-state index contributed by atoms with van der Waals surface area (Å²) in [6.07, 6.45) is 3.12. The molecule has 28 heavy (non-hydrogen) atoms. The van der Waals surface area contributed by atoms with Gasteiger partial charge in [0, 0.05) is 12.1 Å². The second-order valence-corrected chi connectivity index (χ2v) is 7.83. The van der Waals surface area contributed by atoms with Gasteiger partial charge in [0.05, 0.1) is 7.05 Å². The van der Waals surface area contributed by atoms with Gasteiger partial charge in [-0.1, -0.05) is 20.8 Å². The van der Waals surface area contributed by atoms with Crippen molar-refractivity contribution in [1.29, 1.82) is 0 Å². The zero-order valence-electron chi connectivity index (χ0n) is 16.4. The summed E-state index contributed by atoms with van der Waals surface area (Å²) < 4.78 is 34.1. The van der Waals surface area contributed by atoms with Crippen LogP contribution in [-0.4, -0.2) is 21.9 Å². The Morgan fingerprint density at radius 1 is 1.32 bits per heavy atom. The van der Waals surface area contributed by atoms with Gasteiger partial charge in [0.15, 0.2) is 23.3 Å². The Balaban J connectivity index is 1.95. The number of hydrogen-bond acceptors (Lipinski definition) is 3. The highest BCUT2D eigenvalue weighted by molar-refractivity contribution is 6.04. The van der Waals surface area contributed by atoms with Crippen LogP contribution in [0.4, 0.5) is 8.78 Å². The summed E-state index contributed by atoms with van der Waals surface area (Å²) in [5, 5.41) is 2.97. The molecule has 0 aliphatic carbocycles. The Morgan fingerprint density at radius 3 is 2.68 bits per heavy atom. The first-order chi connectivity index (χ1) is 13.1. The van der Waals surface area contributed by atoms with E-state index in [2.05, 4.69) is 15.3 Å². The van der Waals surface area contributed by atoms with Crippen molar-refractivity contribution in [3.63, 3.8) is 0 Å². The smallest absolute Gasteiger partial charge is 0.306 e. The fourth-order valence-corrected chi connectivity index (χ4v) is 2.54. The molecular weight excluding hydrogens is 366 g/mol. The van der Waals surface area contributed by atoms with Gasteiger partial charge < -0.3 is 10.1 Å². The summed E-state index contributed by atoms with van der Waals surface area (Å²) in [5.74, 6) is -1.88. The number of nitrogens with one attached hydrogen (secondary N) is 2. The average molecular weight is 389 g/mol. The van der Waals surface area contributed by atoms with Crippen molar-refractivity contribution in [3.8, 4) is 11.6 Å². The lowest BCUT2D eigenvalue weighted by Gasteiger charge is -2.27. The van der Waals surface area contributed by atoms with Gasteiger partial charge in [-0.3, -0.25) is 4.79 Å². The van der Waals surface area contributed by atoms with Gasteiger partial charge in [0.1, 0.15) is 17.6 Å². The van der Waals surface area contributed by atoms with E-state index in [1.165, 1.54) is 6.07 Å². The molecule has 3 rings (SSSR count). The molecule has 0 spiro atoms. The third-order valence-corrected chi connectivity index (χ3v) is 4.71. The first-order valence-corrected chi connectivity index (χ1v) is 8.88. The van der Waals surface area contributed by atoms with Crippen LogP contribution in [-0.2, 0) is 7.05 Å². The predicted octanol–water partition coefficient (Wildman–Crippen LogP) is 3.62. The number of fused-ring (bicyclic) bond motifs is 1. The van der Waals surface area contributed by atoms with Crippen LogP contribution in [0.3, 0.4) is 0 Å². The van der Waals surface area contributed by atoms with E-state index in [1.54, 1.807) is 24.0 Å². The lowest BCUT2D eigenvalue weighted by Crippen LogP contribution is -2.41. The highest BCUT2D eigenvalue weighted by Gasteiger charge is 2.26. The number of carbonyl (C=O) groups is 1. The van der Waals surface area contributed by atoms with Crippen LogP contribution in [0.5, 0.6) is 11.6 Å². The van der Waals surface area contributed by atoms with E-state index in [0.717, 1.165) is 12.1 Å². The van der Waals surface area contributed by atoms with Crippen molar-refractivity contribution in [2.75, 3.05) is 0 Å². The number of aryl methyl sites for hydroxylation is 1. The first-order valence-electron chi connectivity index (χ1n) is 8.88. The Kier molecular flexibility index (Phi) is 5.06. The minimum atomic E-state index is -0.837. The molecule has 0 saturated heterocycles. The maximum atomic E-state index is 13.9. The molecule has 1 aromatic carbocycles. The Hall–Kier alpha value is -3.03. The summed E-state index contributed by atoms with van der Waals surface area (Å²) in [6, 6.07) is 2.95. The van der Waals surface area contributed by atoms with Crippen molar-refractivity contribution in [2.45, 2.75) is 33.7 Å². The third-order valence-electron chi connectivity index (χ3n) is 4.71. The van der Waals surface area contributed by atoms with E-state index in [1.807, 2.05) is 27.7 Å². The molecule has 6 nitrogen and oxygen atoms in total. The summed E-state index contributed by atoms with van der Waals surface area (Å²) in [4.78, 5) is 20.1. The normalized spacial score (nSPS) is 12.8. The lowest BCUT2D eigenvalue weighted by atomic mass is 9.88. The number of benzene rings is 1. The number of hydrogen-bond donors (Lipinski definition) is 2. The maximum absolute atomic E-state index is 13.9. The number of carbonyl (C=O) groups excluding carboxylic acids is 1. The molecule has 2 aromatic heterocycles. The number of ether oxygens (including phenoxy) is 1. The molecular formula is C20H23F2N4O2+. The third kappa shape index (κ3) is 3.95. The molecule has 148 valence electrons. The monoisotopic (exact) mass is 389 g/mol. The molecule has 2 heterocycles. The van der Waals surface area contributed by atoms with Gasteiger partial charge in [-0.05, 0) is 24.5 Å². The summed E-state index contributed by atoms with van der Waals surface area (Å²) in [6.45, 7) is 8.05. The molecule has 8 heteroatoms. The molecule has 1 atom stereocenters. The van der Waals surface area contributed by atoms with Crippen molar-refractivity contribution < 1.29 is 22.9 Å². The Bertz CT molecular complexity index is 1040. The number of halogens is 2. The van der Waals surface area contributed by atoms with Crippen LogP contribution < -0.4 is 14.6 Å². The highest BCUT2D eigenvalue weighted by atomic mass is 19.1. The van der Waals surface area contributed by atoms with Gasteiger partial charge in [-0.2, -0.15) is 0 Å². The SMILES string of the molecule is CC(NC(=O)c1c[nH]c2c1nc(Oc1ccc(F)cc1F)c[n+]2C)C(C)(C)C. The number of amides is 1. The average Bonchev–Trinajstić information content (AvgIpc) is 3.01. The van der Waals surface area contributed by atoms with Crippen LogP contribution in [0.25, 0.3) is 11.2 Å². The Labute approximate surface area is 161 Å². The van der Waals surface area contributed by atoms with Crippen LogP contribution in [0.15, 0.2) is 30.6 Å². The molecule has 0 aliphatic heterocycles. The quantitative estimate of drug-likeness (QED) is 0.670. The molecule has 3 aromatic rings. The van der Waals surface area contributed by atoms with Gasteiger partial charge in [-0.25, -0.2) is 23.3 Å². The van der Waals surface area contributed by atoms with Crippen LogP contribution >= 0.6 is 0 Å². The second kappa shape index (κ2) is 7.18. The number of aromatic amines is 1. The minimum absolute atomic E-state index is 0.0635. The van der Waals surface area contributed by atoms with E-state index < -0.39 is 11.6 Å². The van der Waals surface area contributed by atoms with Crippen molar-refractivity contribution in [2.24, 2.45) is 12.5 Å². The van der Waals surface area contributed by atoms with Crippen molar-refractivity contribution in [3.05, 3.63) is 47.8 Å². The van der Waals surface area contributed by atoms with Gasteiger partial charge >= 0.3 is 5.65 Å². The van der Waals surface area contributed by atoms with Gasteiger partial charge in [0.25, 0.3) is 11.8 Å². The maximum Gasteiger partial charge on any atom is 0.306 e. The molecule has 2 N–H and O–H groups in total. The summed E-state index contributed by atoms with van der Waals surface area (Å²) in [7, 11) is 1.74. The second-order valence-electron chi connectivity index (χ2n) is 7.83. The minimum Gasteiger partial charge on any atom is -0.433 e. The number of H-pyrrole nitrogens is 1. The van der Waals surface area contributed by atoms with Gasteiger partial charge in [0.2, 0.25) is 0 Å². The number of aromatic nitrogens is 3. The first kappa shape index (κ1) is 19.7. The topological polar surface area (TPSA) is 70.9 Å². The molecule has 1 unspecified atom stereocenters. The predicted molar refractivity (Wildman–Crippen MR) is 100 cm³/mol. The zero-order valence-corrected chi connectivity index (χ0v) is 16.4. The van der Waals surface area contributed by atoms with E-state index in [0.29, 0.717) is 16.7 Å². The van der Waals surface area contributed by atoms with Crippen LogP contribution in [0.2, 0.25) is 0 Å². The van der Waals surface area contributed by atoms with Crippen LogP contribution in [0.1, 0.15) is 38.1 Å². The van der Waals surface area contributed by atoms with E-state index in [4.69, 9.17) is 4.74 Å². The molecule has 0 saturated carbocycles. The van der Waals surface area contributed by atoms with E-state index in [9.17, 15) is 13.6 Å². The molecule has 0 bridgehead atoms. The summed E-state index contributed by atoms with van der Waals surface area (Å²) in [5.41, 5.74) is 1.25. The number of rotatable bonds is 4. The fraction of sp³-hybridized carbons (Fsp3) is 0.350. The Morgan fingerprint density at radius 2 is 2.04 bits per heavy atom. The molecule has 0 fully saturated rings. The molecule has 1 amide bonds. The van der Waals surface area contributed by atoms with Crippen molar-refractivity contribution in [1.82, 2.24) is 15.3 Å². The standard InChI is InChI=1S/C20H22F2N4O2/c1-11(20(2,3)4)24-19(27)13-9-23-18-17(13)25-16(10-26(18)5)28-15-7-6-12(21)8-14(15)22/h6-11H,1-5H3,(H,24,27)/p+1. The number of nitrogens with zero attached hydrogens (tertiary/aromatic N) is 2. The summed E-state index contributed by atoms with van der Waals surface area (Å²) >= 11 is 0. The van der Waals surface area contributed by atoms with E-state index >= 15 is 0 Å². The molecule has 0 radical (unpaired) electrons. The van der Waals surface area contributed by atoms with Crippen LogP contribution in [0, 0.1) is 17.0 Å². The van der Waals surface area contributed by atoms with Crippen molar-refractivity contribution >= 4 is 17.1 Å². The highest BCUT2D eigenvalue weighted by Crippen LogP contribution is 2.25. The van der Waals surface area contributed by atoms with Gasteiger partial charge in [-0.15, -0.1) is 0 Å². The van der Waals surface area contributed by atoms with E-state index in [-0.39, 0.29) is 29.0 Å². The molecule has 0 aliphatic rings. The zero-order chi connectivity index (χ0) is 20.6. The fourth-order valence-electron chi connectivity index (χ4n) is 2.54. The largest absolute Gasteiger partial charge is 0.433 e.